The van der Waals surface area contributed by atoms with Gasteiger partial charge in [0.05, 0.1) is 4.90 Å². The number of nitrogens with one attached hydrogen (secondary N) is 1. The number of benzene rings is 1. The van der Waals surface area contributed by atoms with E-state index < -0.39 is 21.8 Å². The summed E-state index contributed by atoms with van der Waals surface area (Å²) >= 11 is 0. The fourth-order valence-electron chi connectivity index (χ4n) is 2.04. The molecule has 1 heterocycles. The number of aliphatic carboxylic acids is 1. The fraction of sp³-hybridized carbons (Fsp3) is 0.364. The zero-order chi connectivity index (χ0) is 12.8. The Morgan fingerprint density at radius 3 is 2.59 bits per heavy atom. The third-order valence-electron chi connectivity index (χ3n) is 3.02. The molecule has 2 atom stereocenters. The topological polar surface area (TPSA) is 83.5 Å². The molecule has 0 fully saturated rings. The summed E-state index contributed by atoms with van der Waals surface area (Å²) in [6.45, 7) is 1.80. The predicted octanol–water partition coefficient (Wildman–Crippen LogP) is 1.07. The molecular formula is C11H13NO4S. The van der Waals surface area contributed by atoms with Crippen LogP contribution < -0.4 is 5.32 Å². The van der Waals surface area contributed by atoms with Crippen LogP contribution in [0.15, 0.2) is 23.1 Å². The monoisotopic (exact) mass is 255 g/mol. The second kappa shape index (κ2) is 3.73. The van der Waals surface area contributed by atoms with Crippen molar-refractivity contribution in [1.29, 1.82) is 0 Å². The average molecular weight is 255 g/mol. The van der Waals surface area contributed by atoms with E-state index in [-0.39, 0.29) is 10.8 Å². The number of carboxylic acids is 1. The van der Waals surface area contributed by atoms with E-state index in [1.54, 1.807) is 13.0 Å². The Kier molecular flexibility index (Phi) is 2.61. The molecule has 17 heavy (non-hydrogen) atoms. The van der Waals surface area contributed by atoms with Gasteiger partial charge in [-0.05, 0) is 17.7 Å². The van der Waals surface area contributed by atoms with Crippen molar-refractivity contribution in [1.82, 2.24) is 0 Å². The van der Waals surface area contributed by atoms with Gasteiger partial charge in [-0.25, -0.2) is 13.2 Å². The predicted molar refractivity (Wildman–Crippen MR) is 63.0 cm³/mol. The largest absolute Gasteiger partial charge is 0.480 e. The van der Waals surface area contributed by atoms with E-state index in [9.17, 15) is 13.2 Å². The van der Waals surface area contributed by atoms with Crippen molar-refractivity contribution in [2.75, 3.05) is 11.6 Å². The molecule has 1 aromatic rings. The Bertz CT molecular complexity index is 579. The Morgan fingerprint density at radius 2 is 2.06 bits per heavy atom. The van der Waals surface area contributed by atoms with Crippen LogP contribution in [0, 0.1) is 0 Å². The molecule has 1 aromatic carbocycles. The third kappa shape index (κ3) is 2.00. The van der Waals surface area contributed by atoms with Crippen LogP contribution in [0.2, 0.25) is 0 Å². The van der Waals surface area contributed by atoms with Gasteiger partial charge in [0.15, 0.2) is 9.84 Å². The molecule has 1 aliphatic heterocycles. The molecule has 6 heteroatoms. The first-order valence-electron chi connectivity index (χ1n) is 5.14. The number of anilines is 1. The van der Waals surface area contributed by atoms with Gasteiger partial charge in [0.25, 0.3) is 0 Å². The first-order chi connectivity index (χ1) is 7.80. The van der Waals surface area contributed by atoms with E-state index in [1.165, 1.54) is 12.1 Å². The van der Waals surface area contributed by atoms with E-state index in [0.29, 0.717) is 5.69 Å². The van der Waals surface area contributed by atoms with E-state index in [0.717, 1.165) is 11.8 Å². The van der Waals surface area contributed by atoms with E-state index in [1.807, 2.05) is 0 Å². The van der Waals surface area contributed by atoms with Crippen LogP contribution in [0.4, 0.5) is 5.69 Å². The first kappa shape index (κ1) is 11.9. The maximum atomic E-state index is 11.4. The highest BCUT2D eigenvalue weighted by Crippen LogP contribution is 2.36. The van der Waals surface area contributed by atoms with Gasteiger partial charge < -0.3 is 10.4 Å². The number of hydrogen-bond donors (Lipinski definition) is 2. The minimum absolute atomic E-state index is 0.170. The summed E-state index contributed by atoms with van der Waals surface area (Å²) in [5.41, 5.74) is 1.43. The normalized spacial score (nSPS) is 22.9. The molecule has 2 N–H and O–H groups in total. The lowest BCUT2D eigenvalue weighted by molar-refractivity contribution is -0.138. The maximum absolute atomic E-state index is 11.4. The molecule has 2 unspecified atom stereocenters. The van der Waals surface area contributed by atoms with Gasteiger partial charge >= 0.3 is 5.97 Å². The highest BCUT2D eigenvalue weighted by molar-refractivity contribution is 7.90. The Hall–Kier alpha value is -1.56. The Balaban J connectivity index is 2.46. The summed E-state index contributed by atoms with van der Waals surface area (Å²) in [6.07, 6.45) is 1.13. The summed E-state index contributed by atoms with van der Waals surface area (Å²) in [5.74, 6) is -1.11. The minimum Gasteiger partial charge on any atom is -0.480 e. The summed E-state index contributed by atoms with van der Waals surface area (Å²) < 4.78 is 22.8. The molecule has 0 saturated carbocycles. The third-order valence-corrected chi connectivity index (χ3v) is 4.13. The zero-order valence-electron chi connectivity index (χ0n) is 9.47. The van der Waals surface area contributed by atoms with Crippen LogP contribution >= 0.6 is 0 Å². The summed E-state index contributed by atoms with van der Waals surface area (Å²) in [7, 11) is -3.27. The first-order valence-corrected chi connectivity index (χ1v) is 7.03. The van der Waals surface area contributed by atoms with Crippen molar-refractivity contribution in [2.45, 2.75) is 23.8 Å². The van der Waals surface area contributed by atoms with Gasteiger partial charge in [-0.3, -0.25) is 0 Å². The SMILES string of the molecule is CC1c2ccc(S(C)(=O)=O)cc2NC1C(=O)O. The lowest BCUT2D eigenvalue weighted by Gasteiger charge is -2.09. The standard InChI is InChI=1S/C11H13NO4S/c1-6-8-4-3-7(17(2,15)16)5-9(8)12-10(6)11(13)14/h3-6,10,12H,1-2H3,(H,13,14). The van der Waals surface area contributed by atoms with Crippen LogP contribution in [-0.2, 0) is 14.6 Å². The van der Waals surface area contributed by atoms with Gasteiger partial charge in [-0.2, -0.15) is 0 Å². The minimum atomic E-state index is -3.27. The fourth-order valence-corrected chi connectivity index (χ4v) is 2.68. The highest BCUT2D eigenvalue weighted by Gasteiger charge is 2.34. The van der Waals surface area contributed by atoms with E-state index in [4.69, 9.17) is 5.11 Å². The summed E-state index contributed by atoms with van der Waals surface area (Å²) in [6, 6.07) is 3.98. The molecule has 1 aliphatic rings. The second-order valence-corrected chi connectivity index (χ2v) is 6.29. The number of rotatable bonds is 2. The van der Waals surface area contributed by atoms with Crippen LogP contribution in [0.25, 0.3) is 0 Å². The van der Waals surface area contributed by atoms with Crippen molar-refractivity contribution in [3.05, 3.63) is 23.8 Å². The van der Waals surface area contributed by atoms with Crippen molar-refractivity contribution < 1.29 is 18.3 Å². The zero-order valence-corrected chi connectivity index (χ0v) is 10.3. The van der Waals surface area contributed by atoms with Gasteiger partial charge in [-0.15, -0.1) is 0 Å². The molecule has 0 aromatic heterocycles. The lowest BCUT2D eigenvalue weighted by atomic mass is 9.97. The Morgan fingerprint density at radius 1 is 1.41 bits per heavy atom. The molecule has 92 valence electrons. The van der Waals surface area contributed by atoms with Gasteiger partial charge in [-0.1, -0.05) is 13.0 Å². The van der Waals surface area contributed by atoms with E-state index >= 15 is 0 Å². The van der Waals surface area contributed by atoms with Gasteiger partial charge in [0.1, 0.15) is 6.04 Å². The maximum Gasteiger partial charge on any atom is 0.326 e. The molecule has 2 rings (SSSR count). The molecule has 5 nitrogen and oxygen atoms in total. The molecule has 0 amide bonds. The number of fused-ring (bicyclic) bond motifs is 1. The molecule has 0 saturated heterocycles. The molecular weight excluding hydrogens is 242 g/mol. The smallest absolute Gasteiger partial charge is 0.326 e. The van der Waals surface area contributed by atoms with Crippen molar-refractivity contribution >= 4 is 21.5 Å². The average Bonchev–Trinajstić information content (AvgIpc) is 2.54. The van der Waals surface area contributed by atoms with Crippen LogP contribution in [-0.4, -0.2) is 31.8 Å². The van der Waals surface area contributed by atoms with Crippen LogP contribution in [0.1, 0.15) is 18.4 Å². The summed E-state index contributed by atoms with van der Waals surface area (Å²) in [5, 5.41) is 11.8. The van der Waals surface area contributed by atoms with Crippen LogP contribution in [0.3, 0.4) is 0 Å². The van der Waals surface area contributed by atoms with Crippen molar-refractivity contribution in [3.63, 3.8) is 0 Å². The van der Waals surface area contributed by atoms with Crippen molar-refractivity contribution in [3.8, 4) is 0 Å². The lowest BCUT2D eigenvalue weighted by Crippen LogP contribution is -2.28. The highest BCUT2D eigenvalue weighted by atomic mass is 32.2. The molecule has 0 aliphatic carbocycles. The number of carbonyl (C=O) groups is 1. The summed E-state index contributed by atoms with van der Waals surface area (Å²) in [4.78, 5) is 11.2. The Labute approximate surface area is 99.4 Å². The van der Waals surface area contributed by atoms with Crippen molar-refractivity contribution in [2.24, 2.45) is 0 Å². The quantitative estimate of drug-likeness (QED) is 0.826. The molecule has 0 bridgehead atoms. The number of sulfone groups is 1. The van der Waals surface area contributed by atoms with E-state index in [2.05, 4.69) is 5.32 Å². The second-order valence-electron chi connectivity index (χ2n) is 4.27. The number of hydrogen-bond acceptors (Lipinski definition) is 4. The van der Waals surface area contributed by atoms with Crippen LogP contribution in [0.5, 0.6) is 0 Å². The van der Waals surface area contributed by atoms with Gasteiger partial charge in [0, 0.05) is 17.9 Å². The molecule has 0 radical (unpaired) electrons. The van der Waals surface area contributed by atoms with Gasteiger partial charge in [0.2, 0.25) is 0 Å². The number of carboxylic acid groups (broad SMARTS) is 1. The molecule has 0 spiro atoms.